The molecule has 2 N–H and O–H groups in total. The van der Waals surface area contributed by atoms with Crippen molar-refractivity contribution >= 4 is 6.09 Å². The van der Waals surface area contributed by atoms with E-state index in [1.165, 1.54) is 0 Å². The summed E-state index contributed by atoms with van der Waals surface area (Å²) >= 11 is 0. The fourth-order valence-electron chi connectivity index (χ4n) is 4.83. The SMILES string of the molecule is C[C@H](OC1CCCCO1)c1nccn1Cc1cc(-c2ccc(C#CC3CC(C#N)(NC(=O)O)C3)cc2)on1. The molecule has 3 heterocycles. The third kappa shape index (κ3) is 5.88. The Morgan fingerprint density at radius 1 is 1.34 bits per heavy atom. The molecular weight excluding hydrogens is 486 g/mol. The van der Waals surface area contributed by atoms with Gasteiger partial charge in [-0.05, 0) is 63.3 Å². The van der Waals surface area contributed by atoms with Gasteiger partial charge in [-0.15, -0.1) is 0 Å². The summed E-state index contributed by atoms with van der Waals surface area (Å²) in [6.07, 6.45) is 5.92. The van der Waals surface area contributed by atoms with Crippen molar-refractivity contribution in [3.63, 3.8) is 0 Å². The zero-order valence-corrected chi connectivity index (χ0v) is 21.1. The number of imidazole rings is 1. The number of amides is 1. The van der Waals surface area contributed by atoms with Crippen molar-refractivity contribution in [1.29, 1.82) is 5.26 Å². The highest BCUT2D eigenvalue weighted by molar-refractivity contribution is 5.67. The minimum absolute atomic E-state index is 0.0191. The van der Waals surface area contributed by atoms with E-state index < -0.39 is 11.6 Å². The maximum atomic E-state index is 10.9. The minimum atomic E-state index is -1.19. The first-order chi connectivity index (χ1) is 18.4. The second-order valence-electron chi connectivity index (χ2n) is 9.75. The number of nitriles is 1. The lowest BCUT2D eigenvalue weighted by atomic mass is 9.69. The largest absolute Gasteiger partial charge is 0.465 e. The van der Waals surface area contributed by atoms with Gasteiger partial charge < -0.3 is 29.0 Å². The molecule has 2 atom stereocenters. The average Bonchev–Trinajstić information content (AvgIpc) is 3.56. The Hall–Kier alpha value is -4.12. The third-order valence-electron chi connectivity index (χ3n) is 6.84. The van der Waals surface area contributed by atoms with Crippen LogP contribution in [-0.4, -0.2) is 44.3 Å². The summed E-state index contributed by atoms with van der Waals surface area (Å²) in [5.74, 6) is 7.68. The molecule has 2 aliphatic rings. The van der Waals surface area contributed by atoms with Crippen LogP contribution in [0.5, 0.6) is 0 Å². The molecule has 3 aromatic rings. The maximum Gasteiger partial charge on any atom is 0.405 e. The van der Waals surface area contributed by atoms with E-state index in [2.05, 4.69) is 27.3 Å². The number of nitrogens with one attached hydrogen (secondary N) is 1. The van der Waals surface area contributed by atoms with Crippen molar-refractivity contribution in [1.82, 2.24) is 20.0 Å². The molecule has 2 fully saturated rings. The van der Waals surface area contributed by atoms with Crippen LogP contribution in [-0.2, 0) is 16.0 Å². The molecule has 1 saturated heterocycles. The van der Waals surface area contributed by atoms with Crippen LogP contribution in [0.2, 0.25) is 0 Å². The Kier molecular flexibility index (Phi) is 7.45. The van der Waals surface area contributed by atoms with Crippen LogP contribution in [0.4, 0.5) is 4.79 Å². The van der Waals surface area contributed by atoms with Crippen LogP contribution >= 0.6 is 0 Å². The Bertz CT molecular complexity index is 1360. The van der Waals surface area contributed by atoms with Gasteiger partial charge in [0.15, 0.2) is 12.1 Å². The van der Waals surface area contributed by atoms with E-state index in [0.29, 0.717) is 25.1 Å². The number of carboxylic acid groups (broad SMARTS) is 1. The lowest BCUT2D eigenvalue weighted by Crippen LogP contribution is -2.55. The van der Waals surface area contributed by atoms with E-state index in [4.69, 9.17) is 19.1 Å². The predicted octanol–water partition coefficient (Wildman–Crippen LogP) is 4.48. The van der Waals surface area contributed by atoms with Crippen LogP contribution in [0.1, 0.15) is 62.2 Å². The molecule has 1 amide bonds. The molecule has 0 bridgehead atoms. The number of rotatable bonds is 7. The Morgan fingerprint density at radius 2 is 2.16 bits per heavy atom. The topological polar surface area (TPSA) is 135 Å². The first kappa shape index (κ1) is 25.5. The van der Waals surface area contributed by atoms with E-state index in [0.717, 1.165) is 48.5 Å². The number of benzene rings is 1. The maximum absolute atomic E-state index is 10.9. The van der Waals surface area contributed by atoms with Gasteiger partial charge in [-0.25, -0.2) is 9.78 Å². The summed E-state index contributed by atoms with van der Waals surface area (Å²) in [6, 6.07) is 11.6. The number of ether oxygens (including phenoxy) is 2. The third-order valence-corrected chi connectivity index (χ3v) is 6.84. The Morgan fingerprint density at radius 3 is 2.87 bits per heavy atom. The highest BCUT2D eigenvalue weighted by Gasteiger charge is 2.45. The number of hydrogen-bond donors (Lipinski definition) is 2. The molecular formula is C28H29N5O5. The molecule has 0 radical (unpaired) electrons. The second kappa shape index (κ2) is 11.1. The molecule has 10 nitrogen and oxygen atoms in total. The van der Waals surface area contributed by atoms with Crippen molar-refractivity contribution in [3.05, 3.63) is 59.8 Å². The lowest BCUT2D eigenvalue weighted by Gasteiger charge is -2.39. The van der Waals surface area contributed by atoms with E-state index in [1.807, 2.05) is 54.1 Å². The van der Waals surface area contributed by atoms with Crippen LogP contribution in [0, 0.1) is 29.1 Å². The highest BCUT2D eigenvalue weighted by Crippen LogP contribution is 2.37. The van der Waals surface area contributed by atoms with E-state index in [-0.39, 0.29) is 18.3 Å². The van der Waals surface area contributed by atoms with Gasteiger partial charge in [-0.2, -0.15) is 5.26 Å². The molecule has 38 heavy (non-hydrogen) atoms. The molecule has 1 unspecified atom stereocenters. The summed E-state index contributed by atoms with van der Waals surface area (Å²) in [5.41, 5.74) is 1.45. The summed E-state index contributed by atoms with van der Waals surface area (Å²) in [7, 11) is 0. The highest BCUT2D eigenvalue weighted by atomic mass is 16.7. The van der Waals surface area contributed by atoms with Crippen LogP contribution in [0.15, 0.2) is 47.2 Å². The summed E-state index contributed by atoms with van der Waals surface area (Å²) in [5, 5.41) is 24.7. The monoisotopic (exact) mass is 515 g/mol. The molecule has 0 spiro atoms. The van der Waals surface area contributed by atoms with Gasteiger partial charge >= 0.3 is 6.09 Å². The van der Waals surface area contributed by atoms with Crippen LogP contribution < -0.4 is 5.32 Å². The van der Waals surface area contributed by atoms with E-state index >= 15 is 0 Å². The van der Waals surface area contributed by atoms with Gasteiger partial charge in [-0.3, -0.25) is 0 Å². The molecule has 10 heteroatoms. The van der Waals surface area contributed by atoms with Crippen molar-refractivity contribution in [2.75, 3.05) is 6.61 Å². The number of hydrogen-bond acceptors (Lipinski definition) is 7. The smallest absolute Gasteiger partial charge is 0.405 e. The Balaban J connectivity index is 1.18. The van der Waals surface area contributed by atoms with Gasteiger partial charge in [0.25, 0.3) is 0 Å². The number of nitrogens with zero attached hydrogens (tertiary/aromatic N) is 4. The van der Waals surface area contributed by atoms with E-state index in [9.17, 15) is 10.1 Å². The minimum Gasteiger partial charge on any atom is -0.465 e. The van der Waals surface area contributed by atoms with E-state index in [1.54, 1.807) is 6.20 Å². The molecule has 196 valence electrons. The molecule has 1 saturated carbocycles. The summed E-state index contributed by atoms with van der Waals surface area (Å²) in [6.45, 7) is 3.22. The number of carbonyl (C=O) groups is 1. The number of aromatic nitrogens is 3. The van der Waals surface area contributed by atoms with Crippen molar-refractivity contribution in [2.24, 2.45) is 5.92 Å². The first-order valence-corrected chi connectivity index (χ1v) is 12.7. The second-order valence-corrected chi connectivity index (χ2v) is 9.75. The fraction of sp³-hybridized carbons (Fsp3) is 0.429. The molecule has 1 aliphatic carbocycles. The quantitative estimate of drug-likeness (QED) is 0.440. The predicted molar refractivity (Wildman–Crippen MR) is 135 cm³/mol. The average molecular weight is 516 g/mol. The summed E-state index contributed by atoms with van der Waals surface area (Å²) < 4.78 is 19.4. The van der Waals surface area contributed by atoms with Crippen LogP contribution in [0.25, 0.3) is 11.3 Å². The normalized spacial score (nSPS) is 23.4. The van der Waals surface area contributed by atoms with Gasteiger partial charge in [-0.1, -0.05) is 17.0 Å². The standard InChI is InChI=1S/C28H29N5O5/c1-19(37-25-4-2-3-13-36-25)26-30-11-12-33(26)17-23-14-24(38-32-23)22-9-7-20(8-10-22)5-6-21-15-28(16-21,18-29)31-27(34)35/h7-12,14,19,21,25,31H,2-4,13,15-17H2,1H3,(H,34,35)/t19-,21?,25?,28?/m0/s1. The van der Waals surface area contributed by atoms with Crippen molar-refractivity contribution < 1.29 is 23.9 Å². The van der Waals surface area contributed by atoms with Crippen molar-refractivity contribution in [3.8, 4) is 29.2 Å². The molecule has 1 aliphatic heterocycles. The fourth-order valence-corrected chi connectivity index (χ4v) is 4.83. The lowest BCUT2D eigenvalue weighted by molar-refractivity contribution is -0.188. The molecule has 5 rings (SSSR count). The zero-order chi connectivity index (χ0) is 26.5. The molecule has 2 aromatic heterocycles. The Labute approximate surface area is 220 Å². The first-order valence-electron chi connectivity index (χ1n) is 12.7. The zero-order valence-electron chi connectivity index (χ0n) is 21.1. The molecule has 1 aromatic carbocycles. The van der Waals surface area contributed by atoms with Gasteiger partial charge in [0.05, 0.1) is 12.6 Å². The van der Waals surface area contributed by atoms with Crippen LogP contribution in [0.3, 0.4) is 0 Å². The summed E-state index contributed by atoms with van der Waals surface area (Å²) in [4.78, 5) is 15.4. The van der Waals surface area contributed by atoms with Gasteiger partial charge in [0.2, 0.25) is 0 Å². The van der Waals surface area contributed by atoms with Crippen molar-refractivity contribution in [2.45, 2.75) is 63.5 Å². The van der Waals surface area contributed by atoms with Gasteiger partial charge in [0, 0.05) is 42.1 Å². The van der Waals surface area contributed by atoms with Gasteiger partial charge in [0.1, 0.15) is 23.2 Å².